The Morgan fingerprint density at radius 1 is 1.35 bits per heavy atom. The Hall–Kier alpha value is -2.83. The van der Waals surface area contributed by atoms with Crippen molar-refractivity contribution in [3.63, 3.8) is 0 Å². The van der Waals surface area contributed by atoms with E-state index in [2.05, 4.69) is 15.6 Å². The number of fused-ring (bicyclic) bond motifs is 1. The number of hydrogen-bond acceptors (Lipinski definition) is 3. The van der Waals surface area contributed by atoms with Gasteiger partial charge >= 0.3 is 5.97 Å². The molecule has 7 nitrogen and oxygen atoms in total. The molecule has 2 amide bonds. The summed E-state index contributed by atoms with van der Waals surface area (Å²) < 4.78 is 0. The summed E-state index contributed by atoms with van der Waals surface area (Å²) in [5, 5.41) is 14.9. The fourth-order valence-electron chi connectivity index (χ4n) is 2.28. The van der Waals surface area contributed by atoms with E-state index in [0.717, 1.165) is 16.5 Å². The van der Waals surface area contributed by atoms with Crippen molar-refractivity contribution in [3.05, 3.63) is 36.0 Å². The average molecular weight is 317 g/mol. The number of carboxylic acid groups (broad SMARTS) is 1. The normalized spacial score (nSPS) is 12.6. The van der Waals surface area contributed by atoms with E-state index in [0.29, 0.717) is 6.41 Å². The Labute approximate surface area is 133 Å². The number of aromatic nitrogens is 1. The third kappa shape index (κ3) is 3.68. The fourth-order valence-corrected chi connectivity index (χ4v) is 2.28. The lowest BCUT2D eigenvalue weighted by Crippen LogP contribution is -2.56. The van der Waals surface area contributed by atoms with Gasteiger partial charge in [-0.15, -0.1) is 0 Å². The van der Waals surface area contributed by atoms with Gasteiger partial charge < -0.3 is 20.7 Å². The van der Waals surface area contributed by atoms with Crippen molar-refractivity contribution in [3.8, 4) is 0 Å². The number of hydrogen-bond donors (Lipinski definition) is 4. The van der Waals surface area contributed by atoms with Gasteiger partial charge in [0.25, 0.3) is 0 Å². The number of aromatic amines is 1. The second-order valence-corrected chi connectivity index (χ2v) is 5.82. The average Bonchev–Trinajstić information content (AvgIpc) is 2.89. The number of nitrogens with one attached hydrogen (secondary N) is 3. The number of amides is 2. The molecule has 7 heteroatoms. The number of carboxylic acids is 1. The maximum atomic E-state index is 12.3. The molecule has 1 aromatic carbocycles. The largest absolute Gasteiger partial charge is 0.480 e. The first-order chi connectivity index (χ1) is 10.8. The minimum absolute atomic E-state index is 0.254. The summed E-state index contributed by atoms with van der Waals surface area (Å²) in [6.07, 6.45) is 2.47. The van der Waals surface area contributed by atoms with Crippen LogP contribution in [0.2, 0.25) is 0 Å². The van der Waals surface area contributed by atoms with Crippen LogP contribution in [0.1, 0.15) is 19.4 Å². The summed E-state index contributed by atoms with van der Waals surface area (Å²) in [7, 11) is 0. The molecule has 2 aromatic rings. The number of H-pyrrole nitrogens is 1. The summed E-state index contributed by atoms with van der Waals surface area (Å²) in [6.45, 7) is 2.77. The maximum Gasteiger partial charge on any atom is 0.328 e. The molecule has 23 heavy (non-hydrogen) atoms. The van der Waals surface area contributed by atoms with Gasteiger partial charge in [0.15, 0.2) is 0 Å². The number of benzene rings is 1. The van der Waals surface area contributed by atoms with Crippen molar-refractivity contribution in [2.75, 3.05) is 0 Å². The van der Waals surface area contributed by atoms with E-state index < -0.39 is 23.5 Å². The molecule has 0 aliphatic carbocycles. The van der Waals surface area contributed by atoms with Crippen molar-refractivity contribution >= 4 is 29.2 Å². The first-order valence-corrected chi connectivity index (χ1v) is 7.15. The van der Waals surface area contributed by atoms with Gasteiger partial charge in [0.1, 0.15) is 11.6 Å². The van der Waals surface area contributed by atoms with Crippen molar-refractivity contribution in [1.82, 2.24) is 15.6 Å². The fraction of sp³-hybridized carbons (Fsp3) is 0.312. The highest BCUT2D eigenvalue weighted by Crippen LogP contribution is 2.19. The van der Waals surface area contributed by atoms with E-state index in [1.807, 2.05) is 24.3 Å². The van der Waals surface area contributed by atoms with Crippen LogP contribution in [0.15, 0.2) is 30.5 Å². The van der Waals surface area contributed by atoms with Crippen LogP contribution in [0.4, 0.5) is 0 Å². The SMILES string of the molecule is CC(C)(NC(=O)C(Cc1c[nH]c2ccccc12)NC=O)C(=O)O. The van der Waals surface area contributed by atoms with Gasteiger partial charge in [0.05, 0.1) is 0 Å². The van der Waals surface area contributed by atoms with E-state index in [1.165, 1.54) is 13.8 Å². The molecule has 0 saturated heterocycles. The summed E-state index contributed by atoms with van der Waals surface area (Å²) >= 11 is 0. The molecule has 1 aromatic heterocycles. The first kappa shape index (κ1) is 16.5. The molecule has 0 aliphatic rings. The summed E-state index contributed by atoms with van der Waals surface area (Å²) in [5.41, 5.74) is 0.377. The molecule has 1 heterocycles. The monoisotopic (exact) mass is 317 g/mol. The molecular formula is C16H19N3O4. The lowest BCUT2D eigenvalue weighted by Gasteiger charge is -2.24. The number of para-hydroxylation sites is 1. The zero-order valence-electron chi connectivity index (χ0n) is 12.9. The summed E-state index contributed by atoms with van der Waals surface area (Å²) in [5.74, 6) is -1.70. The third-order valence-corrected chi connectivity index (χ3v) is 3.66. The van der Waals surface area contributed by atoms with Gasteiger partial charge in [-0.2, -0.15) is 0 Å². The number of rotatable bonds is 7. The summed E-state index contributed by atoms with van der Waals surface area (Å²) in [6, 6.07) is 6.75. The van der Waals surface area contributed by atoms with E-state index in [9.17, 15) is 14.4 Å². The Bertz CT molecular complexity index is 736. The molecular weight excluding hydrogens is 298 g/mol. The van der Waals surface area contributed by atoms with Crippen LogP contribution >= 0.6 is 0 Å². The van der Waals surface area contributed by atoms with Gasteiger partial charge in [-0.25, -0.2) is 4.79 Å². The zero-order valence-corrected chi connectivity index (χ0v) is 12.9. The predicted molar refractivity (Wildman–Crippen MR) is 84.8 cm³/mol. The Balaban J connectivity index is 2.20. The molecule has 0 radical (unpaired) electrons. The van der Waals surface area contributed by atoms with Crippen LogP contribution in [0, 0.1) is 0 Å². The van der Waals surface area contributed by atoms with E-state index in [4.69, 9.17) is 5.11 Å². The van der Waals surface area contributed by atoms with Gasteiger partial charge in [-0.1, -0.05) is 18.2 Å². The molecule has 1 unspecified atom stereocenters. The van der Waals surface area contributed by atoms with E-state index in [1.54, 1.807) is 6.20 Å². The highest BCUT2D eigenvalue weighted by molar-refractivity contribution is 5.91. The molecule has 122 valence electrons. The molecule has 4 N–H and O–H groups in total. The van der Waals surface area contributed by atoms with E-state index in [-0.39, 0.29) is 6.42 Å². The highest BCUT2D eigenvalue weighted by Gasteiger charge is 2.32. The number of aliphatic carboxylic acids is 1. The lowest BCUT2D eigenvalue weighted by molar-refractivity contribution is -0.146. The third-order valence-electron chi connectivity index (χ3n) is 3.66. The molecule has 0 fully saturated rings. The van der Waals surface area contributed by atoms with Crippen molar-refractivity contribution in [1.29, 1.82) is 0 Å². The van der Waals surface area contributed by atoms with Crippen LogP contribution in [-0.4, -0.2) is 40.0 Å². The van der Waals surface area contributed by atoms with Crippen LogP contribution < -0.4 is 10.6 Å². The smallest absolute Gasteiger partial charge is 0.328 e. The van der Waals surface area contributed by atoms with Crippen LogP contribution in [0.25, 0.3) is 10.9 Å². The van der Waals surface area contributed by atoms with Crippen molar-refractivity contribution in [2.45, 2.75) is 31.8 Å². The van der Waals surface area contributed by atoms with Gasteiger partial charge in [-0.3, -0.25) is 9.59 Å². The first-order valence-electron chi connectivity index (χ1n) is 7.15. The molecule has 0 saturated carbocycles. The van der Waals surface area contributed by atoms with Crippen molar-refractivity contribution in [2.24, 2.45) is 0 Å². The lowest BCUT2D eigenvalue weighted by atomic mass is 10.0. The Morgan fingerprint density at radius 2 is 2.04 bits per heavy atom. The summed E-state index contributed by atoms with van der Waals surface area (Å²) in [4.78, 5) is 37.3. The predicted octanol–water partition coefficient (Wildman–Crippen LogP) is 0.804. The molecule has 0 aliphatic heterocycles. The maximum absolute atomic E-state index is 12.3. The van der Waals surface area contributed by atoms with E-state index >= 15 is 0 Å². The quantitative estimate of drug-likeness (QED) is 0.566. The number of carbonyl (C=O) groups excluding carboxylic acids is 2. The van der Waals surface area contributed by atoms with Crippen LogP contribution in [-0.2, 0) is 20.8 Å². The van der Waals surface area contributed by atoms with Crippen molar-refractivity contribution < 1.29 is 19.5 Å². The minimum Gasteiger partial charge on any atom is -0.480 e. The van der Waals surface area contributed by atoms with Crippen LogP contribution in [0.3, 0.4) is 0 Å². The number of carbonyl (C=O) groups is 3. The standard InChI is InChI=1S/C16H19N3O4/c1-16(2,15(22)23)19-14(21)13(18-9-20)7-10-8-17-12-6-4-3-5-11(10)12/h3-6,8-9,13,17H,7H2,1-2H3,(H,18,20)(H,19,21)(H,22,23). The molecule has 0 bridgehead atoms. The highest BCUT2D eigenvalue weighted by atomic mass is 16.4. The second kappa shape index (κ2) is 6.51. The zero-order chi connectivity index (χ0) is 17.0. The van der Waals surface area contributed by atoms with Crippen LogP contribution in [0.5, 0.6) is 0 Å². The molecule has 1 atom stereocenters. The Morgan fingerprint density at radius 3 is 2.70 bits per heavy atom. The molecule has 2 rings (SSSR count). The second-order valence-electron chi connectivity index (χ2n) is 5.82. The topological polar surface area (TPSA) is 111 Å². The minimum atomic E-state index is -1.42. The molecule has 0 spiro atoms. The van der Waals surface area contributed by atoms with Gasteiger partial charge in [-0.05, 0) is 25.5 Å². The van der Waals surface area contributed by atoms with Gasteiger partial charge in [0, 0.05) is 23.5 Å². The van der Waals surface area contributed by atoms with Gasteiger partial charge in [0.2, 0.25) is 12.3 Å². The Kier molecular flexibility index (Phi) is 4.68.